The maximum atomic E-state index is 5.80. The molecule has 2 aromatic heterocycles. The first kappa shape index (κ1) is 7.70. The van der Waals surface area contributed by atoms with E-state index in [4.69, 9.17) is 11.6 Å². The van der Waals surface area contributed by atoms with Crippen molar-refractivity contribution in [2.24, 2.45) is 7.05 Å². The molecule has 0 saturated heterocycles. The van der Waals surface area contributed by atoms with Crippen LogP contribution in [0.2, 0.25) is 5.15 Å². The third-order valence-electron chi connectivity index (χ3n) is 1.51. The highest BCUT2D eigenvalue weighted by Crippen LogP contribution is 2.24. The second-order valence-electron chi connectivity index (χ2n) is 2.29. The maximum absolute atomic E-state index is 5.80. The minimum Gasteiger partial charge on any atom is -0.332 e. The average molecular weight is 201 g/mol. The van der Waals surface area contributed by atoms with Gasteiger partial charge in [-0.25, -0.2) is 4.98 Å². The molecule has 0 fully saturated rings. The average Bonchev–Trinajstić information content (AvgIpc) is 2.59. The van der Waals surface area contributed by atoms with Crippen molar-refractivity contribution in [2.45, 2.75) is 0 Å². The third kappa shape index (κ3) is 1.11. The quantitative estimate of drug-likeness (QED) is 0.702. The number of rotatable bonds is 1. The summed E-state index contributed by atoms with van der Waals surface area (Å²) in [4.78, 5) is 3.96. The fourth-order valence-electron chi connectivity index (χ4n) is 0.916. The van der Waals surface area contributed by atoms with Crippen molar-refractivity contribution in [1.82, 2.24) is 18.3 Å². The van der Waals surface area contributed by atoms with Gasteiger partial charge in [0.05, 0.1) is 29.9 Å². The molecule has 0 unspecified atom stereocenters. The molecule has 2 heterocycles. The summed E-state index contributed by atoms with van der Waals surface area (Å²) >= 11 is 6.90. The Morgan fingerprint density at radius 1 is 1.50 bits per heavy atom. The van der Waals surface area contributed by atoms with Gasteiger partial charge in [-0.15, -0.1) is 0 Å². The summed E-state index contributed by atoms with van der Waals surface area (Å²) in [6, 6.07) is 0. The van der Waals surface area contributed by atoms with Crippen molar-refractivity contribution in [1.29, 1.82) is 0 Å². The number of aromatic nitrogens is 4. The predicted octanol–water partition coefficient (Wildman–Crippen LogP) is 1.59. The van der Waals surface area contributed by atoms with Crippen LogP contribution in [0.25, 0.3) is 11.4 Å². The van der Waals surface area contributed by atoms with E-state index in [1.54, 1.807) is 12.5 Å². The minimum atomic E-state index is 0.434. The van der Waals surface area contributed by atoms with Crippen molar-refractivity contribution < 1.29 is 0 Å². The second-order valence-corrected chi connectivity index (χ2v) is 3.18. The molecule has 6 heteroatoms. The Morgan fingerprint density at radius 3 is 2.83 bits per heavy atom. The van der Waals surface area contributed by atoms with E-state index in [9.17, 15) is 0 Å². The molecule has 0 spiro atoms. The molecule has 0 aliphatic carbocycles. The van der Waals surface area contributed by atoms with Crippen LogP contribution in [-0.2, 0) is 7.05 Å². The Balaban J connectivity index is 2.57. The molecule has 12 heavy (non-hydrogen) atoms. The molecule has 2 aromatic rings. The molecule has 0 atom stereocenters. The first-order valence-corrected chi connectivity index (χ1v) is 4.34. The SMILES string of the molecule is Cn1cncc1-c1nsnc1Cl. The molecule has 62 valence electrons. The Kier molecular flexibility index (Phi) is 1.82. The summed E-state index contributed by atoms with van der Waals surface area (Å²) in [6.07, 6.45) is 3.41. The van der Waals surface area contributed by atoms with Crippen LogP contribution in [0.15, 0.2) is 12.5 Å². The Morgan fingerprint density at radius 2 is 2.33 bits per heavy atom. The molecule has 4 nitrogen and oxygen atoms in total. The maximum Gasteiger partial charge on any atom is 0.172 e. The molecular formula is C6H5ClN4S. The largest absolute Gasteiger partial charge is 0.332 e. The molecule has 0 N–H and O–H groups in total. The lowest BCUT2D eigenvalue weighted by Crippen LogP contribution is -1.89. The van der Waals surface area contributed by atoms with Gasteiger partial charge >= 0.3 is 0 Å². The van der Waals surface area contributed by atoms with Crippen molar-refractivity contribution in [3.8, 4) is 11.4 Å². The fourth-order valence-corrected chi connectivity index (χ4v) is 1.66. The molecule has 0 bridgehead atoms. The van der Waals surface area contributed by atoms with Gasteiger partial charge in [0.1, 0.15) is 5.69 Å². The standard InChI is InChI=1S/C6H5ClN4S/c1-11-3-8-2-4(11)5-6(7)10-12-9-5/h2-3H,1H3. The zero-order valence-electron chi connectivity index (χ0n) is 6.23. The number of halogens is 1. The van der Waals surface area contributed by atoms with E-state index in [-0.39, 0.29) is 0 Å². The van der Waals surface area contributed by atoms with Gasteiger partial charge in [-0.1, -0.05) is 11.6 Å². The lowest BCUT2D eigenvalue weighted by atomic mass is 10.3. The van der Waals surface area contributed by atoms with Crippen molar-refractivity contribution >= 4 is 23.3 Å². The zero-order chi connectivity index (χ0) is 8.55. The second kappa shape index (κ2) is 2.84. The minimum absolute atomic E-state index is 0.434. The highest BCUT2D eigenvalue weighted by molar-refractivity contribution is 6.99. The van der Waals surface area contributed by atoms with Crippen molar-refractivity contribution in [3.05, 3.63) is 17.7 Å². The van der Waals surface area contributed by atoms with Gasteiger partial charge in [-0.05, 0) is 0 Å². The van der Waals surface area contributed by atoms with E-state index < -0.39 is 0 Å². The first-order valence-electron chi connectivity index (χ1n) is 3.24. The van der Waals surface area contributed by atoms with E-state index >= 15 is 0 Å². The van der Waals surface area contributed by atoms with Crippen LogP contribution >= 0.6 is 23.3 Å². The van der Waals surface area contributed by atoms with Crippen LogP contribution in [0.4, 0.5) is 0 Å². The number of nitrogens with zero attached hydrogens (tertiary/aromatic N) is 4. The van der Waals surface area contributed by atoms with E-state index in [0.29, 0.717) is 10.8 Å². The topological polar surface area (TPSA) is 43.6 Å². The van der Waals surface area contributed by atoms with Gasteiger partial charge in [-0.2, -0.15) is 8.75 Å². The van der Waals surface area contributed by atoms with Gasteiger partial charge < -0.3 is 4.57 Å². The normalized spacial score (nSPS) is 10.5. The highest BCUT2D eigenvalue weighted by Gasteiger charge is 2.10. The summed E-state index contributed by atoms with van der Waals surface area (Å²) in [7, 11) is 1.89. The molecule has 2 rings (SSSR count). The van der Waals surface area contributed by atoms with Crippen LogP contribution in [0.1, 0.15) is 0 Å². The fraction of sp³-hybridized carbons (Fsp3) is 0.167. The molecule has 0 amide bonds. The molecule has 0 aliphatic heterocycles. The van der Waals surface area contributed by atoms with Crippen molar-refractivity contribution in [2.75, 3.05) is 0 Å². The Hall–Kier alpha value is -0.940. The molecule has 0 radical (unpaired) electrons. The first-order chi connectivity index (χ1) is 5.79. The third-order valence-corrected chi connectivity index (χ3v) is 2.40. The van der Waals surface area contributed by atoms with E-state index in [1.807, 2.05) is 11.6 Å². The summed E-state index contributed by atoms with van der Waals surface area (Å²) in [6.45, 7) is 0. The van der Waals surface area contributed by atoms with E-state index in [0.717, 1.165) is 17.4 Å². The highest BCUT2D eigenvalue weighted by atomic mass is 35.5. The molecule has 0 aliphatic rings. The Labute approximate surface area is 78.2 Å². The van der Waals surface area contributed by atoms with Gasteiger partial charge in [-0.3, -0.25) is 0 Å². The van der Waals surface area contributed by atoms with Crippen LogP contribution in [0, 0.1) is 0 Å². The summed E-state index contributed by atoms with van der Waals surface area (Å²) in [5, 5.41) is 0.434. The number of hydrogen-bond donors (Lipinski definition) is 0. The van der Waals surface area contributed by atoms with E-state index in [1.165, 1.54) is 0 Å². The van der Waals surface area contributed by atoms with Crippen molar-refractivity contribution in [3.63, 3.8) is 0 Å². The van der Waals surface area contributed by atoms with Crippen LogP contribution in [0.3, 0.4) is 0 Å². The molecule has 0 aromatic carbocycles. The zero-order valence-corrected chi connectivity index (χ0v) is 7.80. The molecular weight excluding hydrogens is 196 g/mol. The predicted molar refractivity (Wildman–Crippen MR) is 47.1 cm³/mol. The Bertz CT molecular complexity index is 355. The van der Waals surface area contributed by atoms with Gasteiger partial charge in [0.15, 0.2) is 5.15 Å². The lowest BCUT2D eigenvalue weighted by molar-refractivity contribution is 0.918. The smallest absolute Gasteiger partial charge is 0.172 e. The van der Waals surface area contributed by atoms with Gasteiger partial charge in [0.25, 0.3) is 0 Å². The molecule has 0 saturated carbocycles. The monoisotopic (exact) mass is 200 g/mol. The van der Waals surface area contributed by atoms with Gasteiger partial charge in [0, 0.05) is 7.05 Å². The summed E-state index contributed by atoms with van der Waals surface area (Å²) in [5.74, 6) is 0. The van der Waals surface area contributed by atoms with Crippen LogP contribution < -0.4 is 0 Å². The number of aryl methyl sites for hydroxylation is 1. The number of hydrogen-bond acceptors (Lipinski definition) is 4. The summed E-state index contributed by atoms with van der Waals surface area (Å²) < 4.78 is 9.78. The van der Waals surface area contributed by atoms with E-state index in [2.05, 4.69) is 13.7 Å². The lowest BCUT2D eigenvalue weighted by Gasteiger charge is -1.95. The van der Waals surface area contributed by atoms with Crippen LogP contribution in [-0.4, -0.2) is 18.3 Å². The summed E-state index contributed by atoms with van der Waals surface area (Å²) in [5.41, 5.74) is 1.58. The van der Waals surface area contributed by atoms with Crippen LogP contribution in [0.5, 0.6) is 0 Å². The number of imidazole rings is 1. The van der Waals surface area contributed by atoms with Gasteiger partial charge in [0.2, 0.25) is 0 Å².